The Morgan fingerprint density at radius 3 is 2.23 bits per heavy atom. The summed E-state index contributed by atoms with van der Waals surface area (Å²) in [4.78, 5) is 17.3. The number of ether oxygens (including phenoxy) is 1. The van der Waals surface area contributed by atoms with E-state index in [9.17, 15) is 35.5 Å². The van der Waals surface area contributed by atoms with Gasteiger partial charge in [-0.2, -0.15) is 26.3 Å². The zero-order valence-electron chi connectivity index (χ0n) is 20.0. The Labute approximate surface area is 217 Å². The average molecular weight is 555 g/mol. The molecule has 0 unspecified atom stereocenters. The largest absolute Gasteiger partial charge is 0.420 e. The summed E-state index contributed by atoms with van der Waals surface area (Å²) in [6.07, 6.45) is -8.59. The lowest BCUT2D eigenvalue weighted by Gasteiger charge is -2.22. The monoisotopic (exact) mass is 555 g/mol. The van der Waals surface area contributed by atoms with E-state index in [0.29, 0.717) is 12.3 Å². The molecule has 2 rings (SSSR count). The molecule has 0 aromatic heterocycles. The van der Waals surface area contributed by atoms with Crippen molar-refractivity contribution in [3.63, 3.8) is 0 Å². The molecule has 0 heterocycles. The predicted octanol–water partition coefficient (Wildman–Crippen LogP) is 5.36. The molecule has 0 bridgehead atoms. The normalized spacial score (nSPS) is 12.6. The number of hydrogen-bond acceptors (Lipinski definition) is 6. The summed E-state index contributed by atoms with van der Waals surface area (Å²) in [5.41, 5.74) is 6.02. The van der Waals surface area contributed by atoms with E-state index < -0.39 is 52.3 Å². The van der Waals surface area contributed by atoms with Crippen molar-refractivity contribution in [1.29, 1.82) is 5.41 Å². The first kappa shape index (κ1) is 30.4. The van der Waals surface area contributed by atoms with E-state index in [4.69, 9.17) is 21.6 Å². The van der Waals surface area contributed by atoms with Crippen LogP contribution in [0.3, 0.4) is 0 Å². The van der Waals surface area contributed by atoms with Crippen LogP contribution in [0.25, 0.3) is 5.57 Å². The van der Waals surface area contributed by atoms with Crippen LogP contribution in [-0.4, -0.2) is 32.1 Å². The number of carbonyl (C=O) groups is 1. The van der Waals surface area contributed by atoms with Gasteiger partial charge in [-0.25, -0.2) is 9.18 Å². The molecule has 0 atom stereocenters. The van der Waals surface area contributed by atoms with Crippen LogP contribution in [0.1, 0.15) is 16.7 Å². The topological polar surface area (TPSA) is 118 Å². The molecule has 206 valence electrons. The molecule has 0 aliphatic rings. The van der Waals surface area contributed by atoms with Crippen molar-refractivity contribution in [2.45, 2.75) is 12.4 Å². The molecular formula is C25H20F7N5O2. The molecule has 0 saturated carbocycles. The summed E-state index contributed by atoms with van der Waals surface area (Å²) >= 11 is 0. The van der Waals surface area contributed by atoms with Gasteiger partial charge >= 0.3 is 18.4 Å². The van der Waals surface area contributed by atoms with E-state index in [-0.39, 0.29) is 23.9 Å². The van der Waals surface area contributed by atoms with E-state index in [1.54, 1.807) is 0 Å². The van der Waals surface area contributed by atoms with Crippen molar-refractivity contribution < 1.29 is 40.3 Å². The third-order valence-electron chi connectivity index (χ3n) is 4.86. The van der Waals surface area contributed by atoms with Gasteiger partial charge in [0.05, 0.1) is 16.7 Å². The van der Waals surface area contributed by atoms with Gasteiger partial charge in [-0.1, -0.05) is 11.8 Å². The van der Waals surface area contributed by atoms with Crippen LogP contribution < -0.4 is 21.1 Å². The van der Waals surface area contributed by atoms with E-state index in [1.807, 2.05) is 0 Å². The molecule has 0 fully saturated rings. The number of nitrogens with two attached hydrogens (primary N) is 2. The summed E-state index contributed by atoms with van der Waals surface area (Å²) < 4.78 is 101. The van der Waals surface area contributed by atoms with Gasteiger partial charge in [0.2, 0.25) is 0 Å². The van der Waals surface area contributed by atoms with Gasteiger partial charge in [-0.3, -0.25) is 9.89 Å². The molecule has 0 aliphatic carbocycles. The molecule has 14 heteroatoms. The number of hydrogen-bond donors (Lipinski definition) is 3. The molecule has 1 amide bonds. The molecule has 0 aliphatic heterocycles. The standard InChI is InChI=1S/C25H20F7N5O2/c1-37(19-6-4-18(26)5-7-19)23(38)39-22-20(9-17(24(27,28)29)10-21(22)25(30,31)32)16(13-35)14-36-8-2-3-15(11-33)12-34/h4-7,9-14,33H,8,34-35H2,1H3/b15-12-,16-13?,33-11?,36-14?. The Kier molecular flexibility index (Phi) is 9.86. The number of aliphatic imine (C=N–C) groups is 1. The fourth-order valence-corrected chi connectivity index (χ4v) is 2.91. The summed E-state index contributed by atoms with van der Waals surface area (Å²) in [6, 6.07) is 4.37. The SMILES string of the molecule is CN(C(=O)Oc1c(C(C=NCC#C/C(C=N)=C/N)=CN)cc(C(F)(F)F)cc1C(F)(F)F)c1ccc(F)cc1. The number of halogens is 7. The maximum Gasteiger partial charge on any atom is 0.420 e. The molecule has 0 saturated heterocycles. The second-order valence-electron chi connectivity index (χ2n) is 7.46. The van der Waals surface area contributed by atoms with E-state index >= 15 is 0 Å². The van der Waals surface area contributed by atoms with E-state index in [2.05, 4.69) is 16.8 Å². The van der Waals surface area contributed by atoms with Crippen molar-refractivity contribution in [2.75, 3.05) is 18.5 Å². The van der Waals surface area contributed by atoms with Crippen molar-refractivity contribution in [3.8, 4) is 17.6 Å². The molecule has 2 aromatic carbocycles. The minimum atomic E-state index is -5.39. The molecule has 0 radical (unpaired) electrons. The Morgan fingerprint density at radius 2 is 1.72 bits per heavy atom. The average Bonchev–Trinajstić information content (AvgIpc) is 2.87. The van der Waals surface area contributed by atoms with Crippen molar-refractivity contribution >= 4 is 29.8 Å². The van der Waals surface area contributed by atoms with Gasteiger partial charge in [0.25, 0.3) is 0 Å². The van der Waals surface area contributed by atoms with Crippen LogP contribution in [0, 0.1) is 23.1 Å². The van der Waals surface area contributed by atoms with Gasteiger partial charge in [-0.05, 0) is 36.4 Å². The zero-order valence-corrected chi connectivity index (χ0v) is 20.0. The zero-order chi connectivity index (χ0) is 29.4. The van der Waals surface area contributed by atoms with Gasteiger partial charge in [-0.15, -0.1) is 0 Å². The van der Waals surface area contributed by atoms with Gasteiger partial charge < -0.3 is 21.6 Å². The fourth-order valence-electron chi connectivity index (χ4n) is 2.91. The van der Waals surface area contributed by atoms with Gasteiger partial charge in [0.1, 0.15) is 12.4 Å². The molecule has 0 spiro atoms. The first-order valence-corrected chi connectivity index (χ1v) is 10.6. The third kappa shape index (κ3) is 8.09. The lowest BCUT2D eigenvalue weighted by atomic mass is 9.98. The number of nitrogens with zero attached hydrogens (tertiary/aromatic N) is 2. The third-order valence-corrected chi connectivity index (χ3v) is 4.86. The summed E-state index contributed by atoms with van der Waals surface area (Å²) in [5, 5.41) is 7.08. The maximum absolute atomic E-state index is 13.9. The van der Waals surface area contributed by atoms with Crippen LogP contribution in [-0.2, 0) is 12.4 Å². The van der Waals surface area contributed by atoms with Crippen LogP contribution in [0.15, 0.2) is 59.4 Å². The number of carbonyl (C=O) groups excluding carboxylic acids is 1. The molecular weight excluding hydrogens is 535 g/mol. The van der Waals surface area contributed by atoms with Crippen molar-refractivity contribution in [1.82, 2.24) is 0 Å². The number of amides is 1. The molecule has 7 nitrogen and oxygen atoms in total. The van der Waals surface area contributed by atoms with Crippen LogP contribution >= 0.6 is 0 Å². The molecule has 2 aromatic rings. The number of nitrogens with one attached hydrogen (secondary N) is 1. The van der Waals surface area contributed by atoms with Crippen LogP contribution in [0.5, 0.6) is 5.75 Å². The minimum absolute atomic E-state index is 0.0222. The fraction of sp³-hybridized carbons (Fsp3) is 0.160. The van der Waals surface area contributed by atoms with Gasteiger partial charge in [0.15, 0.2) is 5.75 Å². The van der Waals surface area contributed by atoms with Crippen molar-refractivity contribution in [3.05, 3.63) is 76.9 Å². The highest BCUT2D eigenvalue weighted by atomic mass is 19.4. The second-order valence-corrected chi connectivity index (χ2v) is 7.46. The smallest absolute Gasteiger partial charge is 0.409 e. The highest BCUT2D eigenvalue weighted by Crippen LogP contribution is 2.44. The number of anilines is 1. The first-order chi connectivity index (χ1) is 18.2. The number of alkyl halides is 6. The Morgan fingerprint density at radius 1 is 1.08 bits per heavy atom. The van der Waals surface area contributed by atoms with Crippen LogP contribution in [0.4, 0.5) is 41.2 Å². The van der Waals surface area contributed by atoms with E-state index in [0.717, 1.165) is 54.8 Å². The summed E-state index contributed by atoms with van der Waals surface area (Å²) in [7, 11) is 1.10. The van der Waals surface area contributed by atoms with Crippen molar-refractivity contribution in [2.24, 2.45) is 16.5 Å². The highest BCUT2D eigenvalue weighted by molar-refractivity contribution is 6.11. The maximum atomic E-state index is 13.9. The van der Waals surface area contributed by atoms with E-state index in [1.165, 1.54) is 0 Å². The molecule has 5 N–H and O–H groups in total. The predicted molar refractivity (Wildman–Crippen MR) is 132 cm³/mol. The first-order valence-electron chi connectivity index (χ1n) is 10.6. The number of allylic oxidation sites excluding steroid dienone is 2. The Bertz CT molecular complexity index is 1370. The Balaban J connectivity index is 2.63. The lowest BCUT2D eigenvalue weighted by molar-refractivity contribution is -0.143. The second kappa shape index (κ2) is 12.6. The number of benzene rings is 2. The Hall–Kier alpha value is -4.80. The quantitative estimate of drug-likeness (QED) is 0.253. The minimum Gasteiger partial charge on any atom is -0.409 e. The van der Waals surface area contributed by atoms with Gasteiger partial charge in [0, 0.05) is 48.7 Å². The lowest BCUT2D eigenvalue weighted by Crippen LogP contribution is -2.30. The highest BCUT2D eigenvalue weighted by Gasteiger charge is 2.41. The van der Waals surface area contributed by atoms with Crippen LogP contribution in [0.2, 0.25) is 0 Å². The number of rotatable bonds is 6. The summed E-state index contributed by atoms with van der Waals surface area (Å²) in [5.74, 6) is 3.02. The molecule has 39 heavy (non-hydrogen) atoms. The summed E-state index contributed by atoms with van der Waals surface area (Å²) in [6.45, 7) is -0.296.